The monoisotopic (exact) mass is 169 g/mol. The van der Waals surface area contributed by atoms with Crippen molar-refractivity contribution in [1.29, 1.82) is 0 Å². The maximum absolute atomic E-state index is 10.9. The summed E-state index contributed by atoms with van der Waals surface area (Å²) in [4.78, 5) is 17.4. The molecule has 1 unspecified atom stereocenters. The highest BCUT2D eigenvalue weighted by Crippen LogP contribution is 2.05. The Morgan fingerprint density at radius 2 is 2.42 bits per heavy atom. The highest BCUT2D eigenvalue weighted by atomic mass is 16.5. The number of hydrogen-bond acceptors (Lipinski definition) is 4. The van der Waals surface area contributed by atoms with Crippen LogP contribution in [0.5, 0.6) is 5.88 Å². The smallest absolute Gasteiger partial charge is 0.254 e. The van der Waals surface area contributed by atoms with Crippen LogP contribution in [0.1, 0.15) is 18.8 Å². The molecule has 0 bridgehead atoms. The van der Waals surface area contributed by atoms with Gasteiger partial charge in [0.05, 0.1) is 19.2 Å². The first kappa shape index (κ1) is 8.73. The molecule has 5 nitrogen and oxygen atoms in total. The Kier molecular flexibility index (Phi) is 2.44. The third kappa shape index (κ3) is 1.82. The van der Waals surface area contributed by atoms with Gasteiger partial charge in [0, 0.05) is 0 Å². The first-order valence-electron chi connectivity index (χ1n) is 3.54. The van der Waals surface area contributed by atoms with Crippen LogP contribution >= 0.6 is 0 Å². The summed E-state index contributed by atoms with van der Waals surface area (Å²) in [6, 6.07) is 0.971. The topological polar surface area (TPSA) is 81.0 Å². The lowest BCUT2D eigenvalue weighted by Gasteiger charge is -2.04. The number of ether oxygens (including phenoxy) is 1. The van der Waals surface area contributed by atoms with Gasteiger partial charge in [-0.25, -0.2) is 0 Å². The van der Waals surface area contributed by atoms with Crippen LogP contribution in [0, 0.1) is 0 Å². The van der Waals surface area contributed by atoms with E-state index in [0.717, 1.165) is 0 Å². The Bertz CT molecular complexity index is 319. The molecule has 0 aliphatic rings. The van der Waals surface area contributed by atoms with Crippen LogP contribution in [0.25, 0.3) is 0 Å². The van der Waals surface area contributed by atoms with Gasteiger partial charge >= 0.3 is 0 Å². The summed E-state index contributed by atoms with van der Waals surface area (Å²) < 4.78 is 4.80. The summed E-state index contributed by atoms with van der Waals surface area (Å²) in [5, 5.41) is 0. The first-order chi connectivity index (χ1) is 5.63. The molecule has 1 aromatic rings. The van der Waals surface area contributed by atoms with Crippen LogP contribution in [-0.2, 0) is 0 Å². The molecule has 0 amide bonds. The van der Waals surface area contributed by atoms with Crippen molar-refractivity contribution in [1.82, 2.24) is 9.97 Å². The maximum Gasteiger partial charge on any atom is 0.254 e. The molecule has 1 aromatic heterocycles. The van der Waals surface area contributed by atoms with E-state index in [1.807, 2.05) is 0 Å². The Morgan fingerprint density at radius 1 is 1.75 bits per heavy atom. The van der Waals surface area contributed by atoms with Crippen molar-refractivity contribution in [2.24, 2.45) is 5.73 Å². The molecule has 0 aliphatic heterocycles. The number of H-pyrrole nitrogens is 1. The molecule has 12 heavy (non-hydrogen) atoms. The average molecular weight is 169 g/mol. The highest BCUT2D eigenvalue weighted by molar-refractivity contribution is 5.09. The third-order valence-corrected chi connectivity index (χ3v) is 1.38. The molecule has 1 atom stereocenters. The van der Waals surface area contributed by atoms with Crippen molar-refractivity contribution in [3.05, 3.63) is 22.2 Å². The number of nitrogens with two attached hydrogens (primary N) is 1. The molecule has 0 aliphatic carbocycles. The fourth-order valence-electron chi connectivity index (χ4n) is 0.774. The van der Waals surface area contributed by atoms with E-state index in [1.165, 1.54) is 13.2 Å². The second-order valence-electron chi connectivity index (χ2n) is 2.46. The Labute approximate surface area is 69.6 Å². The Morgan fingerprint density at radius 3 is 2.92 bits per heavy atom. The normalized spacial score (nSPS) is 12.6. The van der Waals surface area contributed by atoms with Gasteiger partial charge in [-0.3, -0.25) is 4.79 Å². The van der Waals surface area contributed by atoms with Gasteiger partial charge in [-0.05, 0) is 6.92 Å². The van der Waals surface area contributed by atoms with Gasteiger partial charge in [-0.1, -0.05) is 0 Å². The molecule has 0 saturated heterocycles. The van der Waals surface area contributed by atoms with E-state index in [-0.39, 0.29) is 17.5 Å². The van der Waals surface area contributed by atoms with E-state index in [4.69, 9.17) is 10.5 Å². The molecule has 0 radical (unpaired) electrons. The lowest BCUT2D eigenvalue weighted by Crippen LogP contribution is -2.17. The summed E-state index contributed by atoms with van der Waals surface area (Å²) in [6.45, 7) is 1.73. The number of rotatable bonds is 2. The molecular weight excluding hydrogens is 158 g/mol. The third-order valence-electron chi connectivity index (χ3n) is 1.38. The van der Waals surface area contributed by atoms with Gasteiger partial charge in [0.1, 0.15) is 5.82 Å². The van der Waals surface area contributed by atoms with E-state index in [2.05, 4.69) is 9.97 Å². The van der Waals surface area contributed by atoms with Crippen LogP contribution in [0.4, 0.5) is 0 Å². The molecular formula is C7H11N3O2. The summed E-state index contributed by atoms with van der Waals surface area (Å²) in [5.41, 5.74) is 5.26. The van der Waals surface area contributed by atoms with Crippen molar-refractivity contribution in [3.8, 4) is 5.88 Å². The number of nitrogens with one attached hydrogen (secondary N) is 1. The van der Waals surface area contributed by atoms with E-state index in [0.29, 0.717) is 5.82 Å². The van der Waals surface area contributed by atoms with Crippen LogP contribution in [0.2, 0.25) is 0 Å². The van der Waals surface area contributed by atoms with Crippen molar-refractivity contribution < 1.29 is 4.74 Å². The minimum Gasteiger partial charge on any atom is -0.481 e. The molecule has 1 rings (SSSR count). The van der Waals surface area contributed by atoms with Gasteiger partial charge in [0.15, 0.2) is 0 Å². The zero-order chi connectivity index (χ0) is 9.14. The van der Waals surface area contributed by atoms with E-state index < -0.39 is 0 Å². The fraction of sp³-hybridized carbons (Fsp3) is 0.429. The van der Waals surface area contributed by atoms with Crippen molar-refractivity contribution in [3.63, 3.8) is 0 Å². The SMILES string of the molecule is COc1cc(=O)[nH]c(C(C)N)n1. The minimum absolute atomic E-state index is 0.255. The molecule has 1 heterocycles. The zero-order valence-corrected chi connectivity index (χ0v) is 7.00. The first-order valence-corrected chi connectivity index (χ1v) is 3.54. The maximum atomic E-state index is 10.9. The summed E-state index contributed by atoms with van der Waals surface area (Å²) >= 11 is 0. The second kappa shape index (κ2) is 3.36. The summed E-state index contributed by atoms with van der Waals surface area (Å²) in [5.74, 6) is 0.713. The number of hydrogen-bond donors (Lipinski definition) is 2. The van der Waals surface area contributed by atoms with Crippen LogP contribution < -0.4 is 16.0 Å². The van der Waals surface area contributed by atoms with Gasteiger partial charge in [0.2, 0.25) is 5.88 Å². The Hall–Kier alpha value is -1.36. The summed E-state index contributed by atoms with van der Waals surface area (Å²) in [6.07, 6.45) is 0. The predicted molar refractivity (Wildman–Crippen MR) is 44.0 cm³/mol. The van der Waals surface area contributed by atoms with Crippen LogP contribution in [0.15, 0.2) is 10.9 Å². The second-order valence-corrected chi connectivity index (χ2v) is 2.46. The number of methoxy groups -OCH3 is 1. The van der Waals surface area contributed by atoms with Crippen LogP contribution in [0.3, 0.4) is 0 Å². The largest absolute Gasteiger partial charge is 0.481 e. The average Bonchev–Trinajstić information content (AvgIpc) is 2.03. The van der Waals surface area contributed by atoms with Crippen molar-refractivity contribution >= 4 is 0 Å². The van der Waals surface area contributed by atoms with Crippen LogP contribution in [-0.4, -0.2) is 17.1 Å². The van der Waals surface area contributed by atoms with Crippen molar-refractivity contribution in [2.75, 3.05) is 7.11 Å². The fourth-order valence-corrected chi connectivity index (χ4v) is 0.774. The van der Waals surface area contributed by atoms with E-state index in [9.17, 15) is 4.79 Å². The molecule has 0 aromatic carbocycles. The Balaban J connectivity index is 3.15. The predicted octanol–water partition coefficient (Wildman–Crippen LogP) is -0.202. The van der Waals surface area contributed by atoms with Gasteiger partial charge in [-0.15, -0.1) is 0 Å². The molecule has 66 valence electrons. The molecule has 0 saturated carbocycles. The number of aromatic nitrogens is 2. The number of nitrogens with zero attached hydrogens (tertiary/aromatic N) is 1. The quantitative estimate of drug-likeness (QED) is 0.642. The van der Waals surface area contributed by atoms with E-state index >= 15 is 0 Å². The molecule has 0 spiro atoms. The van der Waals surface area contributed by atoms with E-state index in [1.54, 1.807) is 6.92 Å². The molecule has 3 N–H and O–H groups in total. The lowest BCUT2D eigenvalue weighted by atomic mass is 10.3. The van der Waals surface area contributed by atoms with Gasteiger partial charge < -0.3 is 15.5 Å². The lowest BCUT2D eigenvalue weighted by molar-refractivity contribution is 0.392. The highest BCUT2D eigenvalue weighted by Gasteiger charge is 2.04. The zero-order valence-electron chi connectivity index (χ0n) is 7.00. The standard InChI is InChI=1S/C7H11N3O2/c1-4(8)7-9-5(11)3-6(10-7)12-2/h3-4H,8H2,1-2H3,(H,9,10,11). The molecule has 0 fully saturated rings. The number of aromatic amines is 1. The van der Waals surface area contributed by atoms with Gasteiger partial charge in [0.25, 0.3) is 5.56 Å². The van der Waals surface area contributed by atoms with Crippen molar-refractivity contribution in [2.45, 2.75) is 13.0 Å². The van der Waals surface area contributed by atoms with Gasteiger partial charge in [-0.2, -0.15) is 4.98 Å². The summed E-state index contributed by atoms with van der Waals surface area (Å²) in [7, 11) is 1.45. The minimum atomic E-state index is -0.298. The molecule has 5 heteroatoms.